The van der Waals surface area contributed by atoms with Crippen molar-refractivity contribution in [3.8, 4) is 0 Å². The number of aryl methyl sites for hydroxylation is 1. The molecule has 1 aromatic heterocycles. The number of nitrogens with one attached hydrogen (secondary N) is 1. The Morgan fingerprint density at radius 1 is 1.21 bits per heavy atom. The normalized spacial score (nSPS) is 17.5. The number of thiazole rings is 1. The molecule has 128 valence electrons. The van der Waals surface area contributed by atoms with Gasteiger partial charge < -0.3 is 4.90 Å². The molecule has 1 aromatic carbocycles. The van der Waals surface area contributed by atoms with Gasteiger partial charge in [-0.1, -0.05) is 30.3 Å². The first-order valence-corrected chi connectivity index (χ1v) is 9.49. The summed E-state index contributed by atoms with van der Waals surface area (Å²) in [7, 11) is 0. The Balaban J connectivity index is 1.80. The van der Waals surface area contributed by atoms with Gasteiger partial charge >= 0.3 is 0 Å². The van der Waals surface area contributed by atoms with E-state index in [1.165, 1.54) is 11.3 Å². The van der Waals surface area contributed by atoms with Gasteiger partial charge in [-0.25, -0.2) is 4.98 Å². The number of rotatable bonds is 5. The van der Waals surface area contributed by atoms with Gasteiger partial charge in [-0.15, -0.1) is 11.3 Å². The van der Waals surface area contributed by atoms with Crippen LogP contribution in [0.4, 0.5) is 0 Å². The fraction of sp³-hybridized carbons (Fsp3) is 0.474. The van der Waals surface area contributed by atoms with Crippen LogP contribution in [0.2, 0.25) is 0 Å². The van der Waals surface area contributed by atoms with E-state index < -0.39 is 0 Å². The van der Waals surface area contributed by atoms with E-state index in [0.29, 0.717) is 0 Å². The number of carbonyl (C=O) groups excluding carboxylic acids is 1. The third-order valence-electron chi connectivity index (χ3n) is 4.53. The second kappa shape index (κ2) is 7.90. The molecule has 3 rings (SSSR count). The summed E-state index contributed by atoms with van der Waals surface area (Å²) in [6.45, 7) is 5.86. The lowest BCUT2D eigenvalue weighted by molar-refractivity contribution is -0.134. The largest absolute Gasteiger partial charge is 0.341 e. The lowest BCUT2D eigenvalue weighted by Gasteiger charge is -2.32. The zero-order valence-electron chi connectivity index (χ0n) is 14.4. The maximum Gasteiger partial charge on any atom is 0.244 e. The van der Waals surface area contributed by atoms with Gasteiger partial charge in [-0.3, -0.25) is 10.1 Å². The molecule has 0 unspecified atom stereocenters. The lowest BCUT2D eigenvalue weighted by Crippen LogP contribution is -2.43. The molecule has 2 heterocycles. The zero-order chi connectivity index (χ0) is 16.9. The molecular weight excluding hydrogens is 318 g/mol. The highest BCUT2D eigenvalue weighted by molar-refractivity contribution is 7.11. The Morgan fingerprint density at radius 2 is 1.92 bits per heavy atom. The maximum absolute atomic E-state index is 13.1. The van der Waals surface area contributed by atoms with Crippen LogP contribution in [-0.4, -0.2) is 28.9 Å². The molecule has 1 aliphatic rings. The fourth-order valence-corrected chi connectivity index (χ4v) is 3.96. The standard InChI is InChI=1S/C19H25N3OS/c1-14(17-13-20-15(2)24-17)21-18(16-9-5-3-6-10-16)19(23)22-11-7-4-8-12-22/h3,5-6,9-10,13-14,18,21H,4,7-8,11-12H2,1-2H3/t14-,18-/m0/s1. The third-order valence-corrected chi connectivity index (χ3v) is 5.63. The molecule has 1 fully saturated rings. The number of hydrogen-bond acceptors (Lipinski definition) is 4. The van der Waals surface area contributed by atoms with Crippen LogP contribution in [0.15, 0.2) is 36.5 Å². The van der Waals surface area contributed by atoms with E-state index in [1.807, 2.05) is 48.4 Å². The van der Waals surface area contributed by atoms with Gasteiger partial charge in [-0.2, -0.15) is 0 Å². The molecule has 1 N–H and O–H groups in total. The Bertz CT molecular complexity index is 664. The molecule has 1 saturated heterocycles. The summed E-state index contributed by atoms with van der Waals surface area (Å²) in [6, 6.07) is 9.83. The number of benzene rings is 1. The molecule has 0 aliphatic carbocycles. The van der Waals surface area contributed by atoms with Crippen LogP contribution >= 0.6 is 11.3 Å². The number of amides is 1. The highest BCUT2D eigenvalue weighted by atomic mass is 32.1. The minimum absolute atomic E-state index is 0.0927. The molecule has 0 radical (unpaired) electrons. The van der Waals surface area contributed by atoms with Crippen LogP contribution in [0.5, 0.6) is 0 Å². The first-order chi connectivity index (χ1) is 11.6. The molecule has 1 amide bonds. The van der Waals surface area contributed by atoms with Crippen LogP contribution < -0.4 is 5.32 Å². The number of piperidine rings is 1. The van der Waals surface area contributed by atoms with Crippen molar-refractivity contribution >= 4 is 17.2 Å². The Kier molecular flexibility index (Phi) is 5.63. The first kappa shape index (κ1) is 17.1. The van der Waals surface area contributed by atoms with Crippen LogP contribution in [0.1, 0.15) is 53.7 Å². The monoisotopic (exact) mass is 343 g/mol. The van der Waals surface area contributed by atoms with Crippen molar-refractivity contribution in [3.63, 3.8) is 0 Å². The van der Waals surface area contributed by atoms with E-state index in [-0.39, 0.29) is 18.0 Å². The summed E-state index contributed by atoms with van der Waals surface area (Å²) >= 11 is 1.68. The molecule has 2 aromatic rings. The lowest BCUT2D eigenvalue weighted by atomic mass is 10.0. The first-order valence-electron chi connectivity index (χ1n) is 8.67. The zero-order valence-corrected chi connectivity index (χ0v) is 15.2. The SMILES string of the molecule is Cc1ncc([C@H](C)N[C@H](C(=O)N2CCCCC2)c2ccccc2)s1. The van der Waals surface area contributed by atoms with Gasteiger partial charge in [0.15, 0.2) is 0 Å². The molecule has 0 saturated carbocycles. The van der Waals surface area contributed by atoms with Gasteiger partial charge in [0.2, 0.25) is 5.91 Å². The quantitative estimate of drug-likeness (QED) is 0.897. The highest BCUT2D eigenvalue weighted by Crippen LogP contribution is 2.26. The van der Waals surface area contributed by atoms with Crippen molar-refractivity contribution in [1.82, 2.24) is 15.2 Å². The van der Waals surface area contributed by atoms with Crippen LogP contribution in [0, 0.1) is 6.92 Å². The third kappa shape index (κ3) is 4.02. The van der Waals surface area contributed by atoms with Gasteiger partial charge in [0, 0.05) is 30.2 Å². The summed E-state index contributed by atoms with van der Waals surface area (Å²) in [6.07, 6.45) is 5.35. The average Bonchev–Trinajstić information content (AvgIpc) is 3.07. The minimum atomic E-state index is -0.304. The number of aromatic nitrogens is 1. The summed E-state index contributed by atoms with van der Waals surface area (Å²) in [4.78, 5) is 20.6. The Hall–Kier alpha value is -1.72. The van der Waals surface area contributed by atoms with E-state index in [2.05, 4.69) is 17.2 Å². The summed E-state index contributed by atoms with van der Waals surface area (Å²) in [5.41, 5.74) is 1.03. The second-order valence-corrected chi connectivity index (χ2v) is 7.67. The van der Waals surface area contributed by atoms with E-state index in [9.17, 15) is 4.79 Å². The van der Waals surface area contributed by atoms with Crippen molar-refractivity contribution in [2.24, 2.45) is 0 Å². The van der Waals surface area contributed by atoms with E-state index >= 15 is 0 Å². The molecule has 0 bridgehead atoms. The summed E-state index contributed by atoms with van der Waals surface area (Å²) in [5.74, 6) is 0.189. The molecular formula is C19H25N3OS. The molecule has 1 aliphatic heterocycles. The van der Waals surface area contributed by atoms with Crippen LogP contribution in [0.25, 0.3) is 0 Å². The van der Waals surface area contributed by atoms with Crippen molar-refractivity contribution in [2.75, 3.05) is 13.1 Å². The van der Waals surface area contributed by atoms with Crippen LogP contribution in [0.3, 0.4) is 0 Å². The number of carbonyl (C=O) groups is 1. The molecule has 24 heavy (non-hydrogen) atoms. The Labute approximate surface area is 147 Å². The molecule has 2 atom stereocenters. The second-order valence-electron chi connectivity index (χ2n) is 6.40. The van der Waals surface area contributed by atoms with Crippen molar-refractivity contribution in [2.45, 2.75) is 45.2 Å². The molecule has 4 nitrogen and oxygen atoms in total. The average molecular weight is 343 g/mol. The predicted molar refractivity (Wildman–Crippen MR) is 98.0 cm³/mol. The van der Waals surface area contributed by atoms with Crippen LogP contribution in [-0.2, 0) is 4.79 Å². The van der Waals surface area contributed by atoms with E-state index in [1.54, 1.807) is 11.3 Å². The van der Waals surface area contributed by atoms with Gasteiger partial charge in [0.05, 0.1) is 5.01 Å². The Morgan fingerprint density at radius 3 is 2.54 bits per heavy atom. The van der Waals surface area contributed by atoms with Gasteiger partial charge in [-0.05, 0) is 38.7 Å². The molecule has 0 spiro atoms. The maximum atomic E-state index is 13.1. The van der Waals surface area contributed by atoms with Gasteiger partial charge in [0.25, 0.3) is 0 Å². The molecule has 5 heteroatoms. The van der Waals surface area contributed by atoms with Crippen molar-refractivity contribution in [1.29, 1.82) is 0 Å². The smallest absolute Gasteiger partial charge is 0.244 e. The summed E-state index contributed by atoms with van der Waals surface area (Å²) < 4.78 is 0. The number of likely N-dealkylation sites (tertiary alicyclic amines) is 1. The highest BCUT2D eigenvalue weighted by Gasteiger charge is 2.28. The number of hydrogen-bond donors (Lipinski definition) is 1. The fourth-order valence-electron chi connectivity index (χ4n) is 3.16. The van der Waals surface area contributed by atoms with Crippen molar-refractivity contribution < 1.29 is 4.79 Å². The van der Waals surface area contributed by atoms with E-state index in [0.717, 1.165) is 36.5 Å². The van der Waals surface area contributed by atoms with Gasteiger partial charge in [0.1, 0.15) is 6.04 Å². The van der Waals surface area contributed by atoms with Crippen molar-refractivity contribution in [3.05, 3.63) is 52.0 Å². The van der Waals surface area contributed by atoms with E-state index in [4.69, 9.17) is 0 Å². The predicted octanol–water partition coefficient (Wildman–Crippen LogP) is 3.86. The summed E-state index contributed by atoms with van der Waals surface area (Å²) in [5, 5.41) is 4.59. The number of nitrogens with zero attached hydrogens (tertiary/aromatic N) is 2. The minimum Gasteiger partial charge on any atom is -0.341 e. The topological polar surface area (TPSA) is 45.2 Å².